The van der Waals surface area contributed by atoms with Crippen LogP contribution in [0.2, 0.25) is 0 Å². The Hall–Kier alpha value is -5.56. The number of anilines is 1. The van der Waals surface area contributed by atoms with Crippen molar-refractivity contribution in [2.75, 3.05) is 5.32 Å². The Kier molecular flexibility index (Phi) is 9.45. The van der Waals surface area contributed by atoms with Crippen molar-refractivity contribution in [3.63, 3.8) is 0 Å². The Bertz CT molecular complexity index is 1580. The number of para-hydroxylation sites is 1. The van der Waals surface area contributed by atoms with Crippen LogP contribution >= 0.6 is 0 Å². The van der Waals surface area contributed by atoms with Crippen molar-refractivity contribution in [2.45, 2.75) is 19.8 Å². The minimum atomic E-state index is 0.00549. The summed E-state index contributed by atoms with van der Waals surface area (Å²) in [5.41, 5.74) is 1.47. The van der Waals surface area contributed by atoms with Gasteiger partial charge < -0.3 is 24.3 Å². The number of carbonyl (C=O) groups excluding carboxylic acids is 1. The second-order valence-corrected chi connectivity index (χ2v) is 9.23. The van der Waals surface area contributed by atoms with E-state index >= 15 is 0 Å². The highest BCUT2D eigenvalue weighted by Gasteiger charge is 2.04. The maximum atomic E-state index is 11.7. The summed E-state index contributed by atoms with van der Waals surface area (Å²) in [6.45, 7) is 1.97. The zero-order valence-corrected chi connectivity index (χ0v) is 23.1. The maximum absolute atomic E-state index is 11.7. The van der Waals surface area contributed by atoms with Crippen LogP contribution in [0.25, 0.3) is 0 Å². The quantitative estimate of drug-likeness (QED) is 0.122. The average Bonchev–Trinajstić information content (AvgIpc) is 3.01. The molecule has 0 saturated heterocycles. The zero-order chi connectivity index (χ0) is 29.0. The first-order valence-electron chi connectivity index (χ1n) is 13.6. The third-order valence-electron chi connectivity index (χ3n) is 5.94. The molecule has 5 aromatic carbocycles. The van der Waals surface area contributed by atoms with Crippen LogP contribution < -0.4 is 24.3 Å². The molecule has 0 bridgehead atoms. The van der Waals surface area contributed by atoms with Crippen molar-refractivity contribution in [2.24, 2.45) is 4.99 Å². The normalized spacial score (nSPS) is 10.7. The molecule has 0 aromatic heterocycles. The van der Waals surface area contributed by atoms with E-state index in [2.05, 4.69) is 10.3 Å². The molecule has 0 spiro atoms. The first-order chi connectivity index (χ1) is 20.6. The van der Waals surface area contributed by atoms with Crippen molar-refractivity contribution in [1.29, 1.82) is 0 Å². The molecule has 0 heterocycles. The number of carbonyl (C=O) groups is 1. The fourth-order valence-corrected chi connectivity index (χ4v) is 3.86. The van der Waals surface area contributed by atoms with Gasteiger partial charge in [0.15, 0.2) is 6.40 Å². The van der Waals surface area contributed by atoms with Crippen LogP contribution in [0.5, 0.6) is 40.2 Å². The summed E-state index contributed by atoms with van der Waals surface area (Å²) >= 11 is 0. The fourth-order valence-electron chi connectivity index (χ4n) is 3.86. The average molecular weight is 559 g/mol. The molecule has 0 atom stereocenters. The smallest absolute Gasteiger partial charge is 0.224 e. The highest BCUT2D eigenvalue weighted by atomic mass is 16.5. The van der Waals surface area contributed by atoms with Gasteiger partial charge in [-0.05, 0) is 116 Å². The van der Waals surface area contributed by atoms with Gasteiger partial charge in [-0.15, -0.1) is 0 Å². The van der Waals surface area contributed by atoms with Gasteiger partial charge in [0.25, 0.3) is 0 Å². The summed E-state index contributed by atoms with van der Waals surface area (Å²) in [5.74, 6) is 4.86. The van der Waals surface area contributed by atoms with Crippen LogP contribution in [0.3, 0.4) is 0 Å². The number of aliphatic imine (C=N–C) groups is 1. The molecule has 0 saturated carbocycles. The Balaban J connectivity index is 1.08. The third kappa shape index (κ3) is 8.47. The molecule has 0 unspecified atom stereocenters. The first kappa shape index (κ1) is 28.0. The van der Waals surface area contributed by atoms with E-state index in [9.17, 15) is 4.79 Å². The van der Waals surface area contributed by atoms with Crippen molar-refractivity contribution in [3.8, 4) is 40.2 Å². The SMILES string of the molecule is CCCC(=O)Nc1ccc(Oc2ccc(Oc3ccc(N=COc4ccc(Oc5ccccc5)cc4)cc3)cc2)cc1. The van der Waals surface area contributed by atoms with Crippen LogP contribution in [-0.2, 0) is 4.79 Å². The van der Waals surface area contributed by atoms with E-state index in [1.165, 1.54) is 6.40 Å². The number of nitrogens with zero attached hydrogens (tertiary/aromatic N) is 1. The lowest BCUT2D eigenvalue weighted by molar-refractivity contribution is -0.116. The molecule has 7 nitrogen and oxygen atoms in total. The zero-order valence-electron chi connectivity index (χ0n) is 23.1. The fraction of sp³-hybridized carbons (Fsp3) is 0.0857. The number of hydrogen-bond donors (Lipinski definition) is 1. The summed E-state index contributed by atoms with van der Waals surface area (Å²) in [6, 6.07) is 38.9. The lowest BCUT2D eigenvalue weighted by atomic mass is 10.2. The van der Waals surface area contributed by atoms with Crippen molar-refractivity contribution in [1.82, 2.24) is 0 Å². The minimum absolute atomic E-state index is 0.00549. The van der Waals surface area contributed by atoms with E-state index < -0.39 is 0 Å². The minimum Gasteiger partial charge on any atom is -0.457 e. The first-order valence-corrected chi connectivity index (χ1v) is 13.6. The Morgan fingerprint density at radius 3 is 1.52 bits per heavy atom. The molecule has 1 N–H and O–H groups in total. The van der Waals surface area contributed by atoms with E-state index in [1.807, 2.05) is 134 Å². The van der Waals surface area contributed by atoms with Gasteiger partial charge in [0.2, 0.25) is 5.91 Å². The molecule has 0 radical (unpaired) electrons. The topological polar surface area (TPSA) is 78.4 Å². The standard InChI is InChI=1S/C35H30N2O5/c1-2-6-35(38)37-27-11-15-31(16-12-27)42-34-23-21-33(22-24-34)41-30-13-9-26(10-14-30)36-25-39-28-17-19-32(20-18-28)40-29-7-4-3-5-8-29/h3-5,7-25H,2,6H2,1H3,(H,37,38). The molecule has 5 aromatic rings. The van der Waals surface area contributed by atoms with Crippen LogP contribution in [0.4, 0.5) is 11.4 Å². The molecule has 0 aliphatic carbocycles. The number of amides is 1. The maximum Gasteiger partial charge on any atom is 0.224 e. The number of hydrogen-bond acceptors (Lipinski definition) is 6. The van der Waals surface area contributed by atoms with E-state index in [4.69, 9.17) is 18.9 Å². The van der Waals surface area contributed by atoms with Crippen molar-refractivity contribution in [3.05, 3.63) is 127 Å². The summed E-state index contributed by atoms with van der Waals surface area (Å²) in [5, 5.41) is 2.86. The summed E-state index contributed by atoms with van der Waals surface area (Å²) in [4.78, 5) is 16.1. The number of benzene rings is 5. The Morgan fingerprint density at radius 1 is 0.595 bits per heavy atom. The summed E-state index contributed by atoms with van der Waals surface area (Å²) in [7, 11) is 0. The van der Waals surface area contributed by atoms with Gasteiger partial charge in [-0.3, -0.25) is 4.79 Å². The molecule has 0 aliphatic heterocycles. The second kappa shape index (κ2) is 14.2. The van der Waals surface area contributed by atoms with Crippen molar-refractivity contribution < 1.29 is 23.7 Å². The Morgan fingerprint density at radius 2 is 1.02 bits per heavy atom. The molecule has 5 rings (SSSR count). The Labute approximate surface area is 245 Å². The van der Waals surface area contributed by atoms with E-state index in [1.54, 1.807) is 0 Å². The van der Waals surface area contributed by atoms with Crippen LogP contribution in [-0.4, -0.2) is 12.3 Å². The van der Waals surface area contributed by atoms with Gasteiger partial charge in [-0.2, -0.15) is 0 Å². The molecule has 7 heteroatoms. The van der Waals surface area contributed by atoms with Gasteiger partial charge in [0.05, 0.1) is 5.69 Å². The number of rotatable bonds is 12. The molecule has 42 heavy (non-hydrogen) atoms. The molecule has 1 amide bonds. The lowest BCUT2D eigenvalue weighted by Crippen LogP contribution is -2.10. The van der Waals surface area contributed by atoms with Gasteiger partial charge in [0, 0.05) is 12.1 Å². The monoisotopic (exact) mass is 558 g/mol. The van der Waals surface area contributed by atoms with Gasteiger partial charge in [0.1, 0.15) is 40.2 Å². The second-order valence-electron chi connectivity index (χ2n) is 9.23. The largest absolute Gasteiger partial charge is 0.457 e. The number of ether oxygens (including phenoxy) is 4. The summed E-state index contributed by atoms with van der Waals surface area (Å²) < 4.78 is 23.3. The molecular formula is C35H30N2O5. The molecular weight excluding hydrogens is 528 g/mol. The summed E-state index contributed by atoms with van der Waals surface area (Å²) in [6.07, 6.45) is 2.71. The van der Waals surface area contributed by atoms with Gasteiger partial charge in [-0.25, -0.2) is 4.99 Å². The van der Waals surface area contributed by atoms with E-state index in [-0.39, 0.29) is 5.91 Å². The molecule has 0 fully saturated rings. The highest BCUT2D eigenvalue weighted by Crippen LogP contribution is 2.29. The van der Waals surface area contributed by atoms with Crippen LogP contribution in [0, 0.1) is 0 Å². The highest BCUT2D eigenvalue weighted by molar-refractivity contribution is 5.90. The van der Waals surface area contributed by atoms with Gasteiger partial charge >= 0.3 is 0 Å². The van der Waals surface area contributed by atoms with Crippen molar-refractivity contribution >= 4 is 23.7 Å². The molecule has 0 aliphatic rings. The predicted octanol–water partition coefficient (Wildman–Crippen LogP) is 9.54. The predicted molar refractivity (Wildman–Crippen MR) is 165 cm³/mol. The van der Waals surface area contributed by atoms with Crippen LogP contribution in [0.15, 0.2) is 132 Å². The molecule has 210 valence electrons. The third-order valence-corrected chi connectivity index (χ3v) is 5.94. The van der Waals surface area contributed by atoms with E-state index in [0.29, 0.717) is 35.2 Å². The van der Waals surface area contributed by atoms with E-state index in [0.717, 1.165) is 29.3 Å². The number of nitrogens with one attached hydrogen (secondary N) is 1. The van der Waals surface area contributed by atoms with Gasteiger partial charge in [-0.1, -0.05) is 25.1 Å². The lowest BCUT2D eigenvalue weighted by Gasteiger charge is -2.09. The van der Waals surface area contributed by atoms with Crippen LogP contribution in [0.1, 0.15) is 19.8 Å².